The van der Waals surface area contributed by atoms with E-state index in [4.69, 9.17) is 17.0 Å². The molecule has 0 bridgehead atoms. The smallest absolute Gasteiger partial charge is 0.267 e. The molecule has 3 aromatic rings. The summed E-state index contributed by atoms with van der Waals surface area (Å²) in [5.74, 6) is 0.662. The summed E-state index contributed by atoms with van der Waals surface area (Å²) in [7, 11) is 1.58. The largest absolute Gasteiger partial charge is 0.497 e. The minimum Gasteiger partial charge on any atom is -0.497 e. The highest BCUT2D eigenvalue weighted by Crippen LogP contribution is 2.26. The zero-order valence-corrected chi connectivity index (χ0v) is 13.6. The minimum atomic E-state index is -0.140. The number of H-pyrrole nitrogens is 1. The van der Waals surface area contributed by atoms with E-state index in [0.29, 0.717) is 21.6 Å². The second-order valence-electron chi connectivity index (χ2n) is 4.05. The van der Waals surface area contributed by atoms with E-state index in [1.54, 1.807) is 19.2 Å². The Hall–Kier alpha value is -1.44. The molecule has 0 aliphatic carbocycles. The fourth-order valence-electron chi connectivity index (χ4n) is 1.95. The number of ether oxygens (including phenoxy) is 1. The van der Waals surface area contributed by atoms with E-state index in [9.17, 15) is 4.79 Å². The molecule has 1 N–H and O–H groups in total. The van der Waals surface area contributed by atoms with Crippen LogP contribution in [0, 0.1) is 4.77 Å². The van der Waals surface area contributed by atoms with Gasteiger partial charge in [0, 0.05) is 10.5 Å². The van der Waals surface area contributed by atoms with Crippen LogP contribution < -0.4 is 10.3 Å². The molecule has 0 fully saturated rings. The van der Waals surface area contributed by atoms with Crippen molar-refractivity contribution in [2.45, 2.75) is 0 Å². The number of nitrogens with zero attached hydrogens (tertiary/aromatic N) is 1. The zero-order chi connectivity index (χ0) is 14.3. The van der Waals surface area contributed by atoms with Crippen LogP contribution in [0.5, 0.6) is 5.75 Å². The van der Waals surface area contributed by atoms with Crippen molar-refractivity contribution in [2.24, 2.45) is 0 Å². The highest BCUT2D eigenvalue weighted by atomic mass is 79.9. The van der Waals surface area contributed by atoms with Crippen LogP contribution in [0.15, 0.2) is 38.9 Å². The molecular formula is C13H9BrN2O2S2. The van der Waals surface area contributed by atoms with Gasteiger partial charge in [0.1, 0.15) is 10.6 Å². The van der Waals surface area contributed by atoms with Crippen molar-refractivity contribution in [1.82, 2.24) is 9.55 Å². The molecule has 0 unspecified atom stereocenters. The SMILES string of the molecule is COc1ccc(Br)c(-n2c(=S)[nH]c3sccc3c2=O)c1. The molecule has 0 spiro atoms. The fraction of sp³-hybridized carbons (Fsp3) is 0.0769. The Morgan fingerprint density at radius 1 is 1.40 bits per heavy atom. The van der Waals surface area contributed by atoms with Gasteiger partial charge in [0.2, 0.25) is 0 Å². The molecule has 7 heteroatoms. The van der Waals surface area contributed by atoms with Crippen LogP contribution in [-0.2, 0) is 0 Å². The van der Waals surface area contributed by atoms with Crippen LogP contribution in [0.2, 0.25) is 0 Å². The number of hydrogen-bond acceptors (Lipinski definition) is 4. The van der Waals surface area contributed by atoms with Crippen LogP contribution in [-0.4, -0.2) is 16.7 Å². The molecule has 20 heavy (non-hydrogen) atoms. The summed E-state index contributed by atoms with van der Waals surface area (Å²) in [6.45, 7) is 0. The summed E-state index contributed by atoms with van der Waals surface area (Å²) in [4.78, 5) is 16.4. The van der Waals surface area contributed by atoms with Gasteiger partial charge in [-0.05, 0) is 51.7 Å². The standard InChI is InChI=1S/C13H9BrN2O2S2/c1-18-7-2-3-9(14)10(6-7)16-12(17)8-4-5-20-11(8)15-13(16)19/h2-6H,1H3,(H,15,19). The van der Waals surface area contributed by atoms with E-state index in [1.807, 2.05) is 17.5 Å². The number of methoxy groups -OCH3 is 1. The lowest BCUT2D eigenvalue weighted by Crippen LogP contribution is -2.20. The first-order valence-electron chi connectivity index (χ1n) is 5.68. The number of rotatable bonds is 2. The Kier molecular flexibility index (Phi) is 3.49. The Morgan fingerprint density at radius 3 is 2.95 bits per heavy atom. The topological polar surface area (TPSA) is 47.0 Å². The van der Waals surface area contributed by atoms with Gasteiger partial charge in [0.25, 0.3) is 5.56 Å². The van der Waals surface area contributed by atoms with Crippen LogP contribution in [0.25, 0.3) is 15.9 Å². The number of halogens is 1. The first-order valence-corrected chi connectivity index (χ1v) is 7.76. The lowest BCUT2D eigenvalue weighted by molar-refractivity contribution is 0.414. The molecule has 0 saturated heterocycles. The van der Waals surface area contributed by atoms with Gasteiger partial charge in [0.05, 0.1) is 18.2 Å². The number of thiophene rings is 1. The number of hydrogen-bond donors (Lipinski definition) is 1. The van der Waals surface area contributed by atoms with Crippen molar-refractivity contribution in [3.8, 4) is 11.4 Å². The maximum atomic E-state index is 12.6. The van der Waals surface area contributed by atoms with Crippen LogP contribution >= 0.6 is 39.5 Å². The third-order valence-electron chi connectivity index (χ3n) is 2.92. The number of aromatic amines is 1. The van der Waals surface area contributed by atoms with E-state index >= 15 is 0 Å². The molecule has 0 atom stereocenters. The van der Waals surface area contributed by atoms with Gasteiger partial charge >= 0.3 is 0 Å². The summed E-state index contributed by atoms with van der Waals surface area (Å²) in [5.41, 5.74) is 0.516. The second-order valence-corrected chi connectivity index (χ2v) is 6.21. The molecule has 0 saturated carbocycles. The number of benzene rings is 1. The molecule has 0 aliphatic heterocycles. The summed E-state index contributed by atoms with van der Waals surface area (Å²) in [6, 6.07) is 7.20. The summed E-state index contributed by atoms with van der Waals surface area (Å²) >= 11 is 10.2. The minimum absolute atomic E-state index is 0.140. The van der Waals surface area contributed by atoms with Gasteiger partial charge in [-0.1, -0.05) is 0 Å². The number of fused-ring (bicyclic) bond motifs is 1. The highest BCUT2D eigenvalue weighted by Gasteiger charge is 2.11. The highest BCUT2D eigenvalue weighted by molar-refractivity contribution is 9.10. The van der Waals surface area contributed by atoms with E-state index < -0.39 is 0 Å². The Labute approximate surface area is 131 Å². The number of nitrogens with one attached hydrogen (secondary N) is 1. The first kappa shape index (κ1) is 13.5. The quantitative estimate of drug-likeness (QED) is 0.698. The molecule has 4 nitrogen and oxygen atoms in total. The van der Waals surface area contributed by atoms with Crippen molar-refractivity contribution in [3.05, 3.63) is 49.2 Å². The van der Waals surface area contributed by atoms with Gasteiger partial charge in [-0.3, -0.25) is 9.36 Å². The molecule has 102 valence electrons. The zero-order valence-electron chi connectivity index (χ0n) is 10.3. The third-order valence-corrected chi connectivity index (χ3v) is 4.70. The molecule has 0 aliphatic rings. The lowest BCUT2D eigenvalue weighted by Gasteiger charge is -2.10. The molecule has 2 aromatic heterocycles. The van der Waals surface area contributed by atoms with Gasteiger partial charge in [-0.2, -0.15) is 0 Å². The lowest BCUT2D eigenvalue weighted by atomic mass is 10.3. The Bertz CT molecular complexity index is 911. The molecule has 0 amide bonds. The van der Waals surface area contributed by atoms with Crippen LogP contribution in [0.3, 0.4) is 0 Å². The molecule has 2 heterocycles. The van der Waals surface area contributed by atoms with Gasteiger partial charge < -0.3 is 9.72 Å². The van der Waals surface area contributed by atoms with Crippen LogP contribution in [0.4, 0.5) is 0 Å². The summed E-state index contributed by atoms with van der Waals surface area (Å²) in [6.07, 6.45) is 0. The van der Waals surface area contributed by atoms with Crippen molar-refractivity contribution in [3.63, 3.8) is 0 Å². The average molecular weight is 369 g/mol. The van der Waals surface area contributed by atoms with Crippen molar-refractivity contribution in [2.75, 3.05) is 7.11 Å². The Balaban J connectivity index is 2.40. The molecule has 1 aromatic carbocycles. The van der Waals surface area contributed by atoms with Crippen LogP contribution in [0.1, 0.15) is 0 Å². The van der Waals surface area contributed by atoms with Crippen molar-refractivity contribution in [1.29, 1.82) is 0 Å². The van der Waals surface area contributed by atoms with E-state index in [0.717, 1.165) is 9.30 Å². The number of aromatic nitrogens is 2. The predicted octanol–water partition coefficient (Wildman–Crippen LogP) is 3.88. The first-order chi connectivity index (χ1) is 9.61. The maximum Gasteiger partial charge on any atom is 0.267 e. The van der Waals surface area contributed by atoms with Gasteiger partial charge in [-0.25, -0.2) is 0 Å². The third kappa shape index (κ3) is 2.11. The average Bonchev–Trinajstić information content (AvgIpc) is 2.89. The van der Waals surface area contributed by atoms with Gasteiger partial charge in [0.15, 0.2) is 4.77 Å². The molecule has 3 rings (SSSR count). The van der Waals surface area contributed by atoms with E-state index in [2.05, 4.69) is 20.9 Å². The van der Waals surface area contributed by atoms with E-state index in [-0.39, 0.29) is 5.56 Å². The molecular weight excluding hydrogens is 360 g/mol. The van der Waals surface area contributed by atoms with E-state index in [1.165, 1.54) is 15.9 Å². The summed E-state index contributed by atoms with van der Waals surface area (Å²) in [5, 5.41) is 2.49. The summed E-state index contributed by atoms with van der Waals surface area (Å²) < 4.78 is 7.81. The second kappa shape index (κ2) is 5.16. The maximum absolute atomic E-state index is 12.6. The van der Waals surface area contributed by atoms with Crippen molar-refractivity contribution < 1.29 is 4.74 Å². The van der Waals surface area contributed by atoms with Crippen molar-refractivity contribution >= 4 is 49.7 Å². The Morgan fingerprint density at radius 2 is 2.20 bits per heavy atom. The monoisotopic (exact) mass is 368 g/mol. The molecule has 0 radical (unpaired) electrons. The predicted molar refractivity (Wildman–Crippen MR) is 86.9 cm³/mol. The van der Waals surface area contributed by atoms with Gasteiger partial charge in [-0.15, -0.1) is 11.3 Å². The fourth-order valence-corrected chi connectivity index (χ4v) is 3.50. The normalized spacial score (nSPS) is 10.9.